The summed E-state index contributed by atoms with van der Waals surface area (Å²) in [5.41, 5.74) is 5.91. The number of ketones is 1. The van der Waals surface area contributed by atoms with Crippen LogP contribution in [0.3, 0.4) is 0 Å². The zero-order valence-electron chi connectivity index (χ0n) is 17.9. The van der Waals surface area contributed by atoms with Crippen LogP contribution in [0.1, 0.15) is 46.0 Å². The molecule has 0 aromatic rings. The molecule has 8 nitrogen and oxygen atoms in total. The fraction of sp³-hybridized carbons (Fsp3) is 0.900. The minimum absolute atomic E-state index is 0.0225. The van der Waals surface area contributed by atoms with Crippen LogP contribution in [-0.2, 0) is 28.5 Å². The Kier molecular flexibility index (Phi) is 18.5. The maximum atomic E-state index is 11.9. The van der Waals surface area contributed by atoms with Crippen LogP contribution >= 0.6 is 0 Å². The van der Waals surface area contributed by atoms with Crippen LogP contribution in [0.2, 0.25) is 0 Å². The second-order valence-corrected chi connectivity index (χ2v) is 6.74. The van der Waals surface area contributed by atoms with E-state index >= 15 is 0 Å². The van der Waals surface area contributed by atoms with E-state index in [4.69, 9.17) is 24.7 Å². The summed E-state index contributed by atoms with van der Waals surface area (Å²) in [7, 11) is 1.63. The van der Waals surface area contributed by atoms with Gasteiger partial charge in [0.15, 0.2) is 5.78 Å². The van der Waals surface area contributed by atoms with Crippen molar-refractivity contribution in [3.8, 4) is 0 Å². The molecule has 0 aromatic carbocycles. The lowest BCUT2D eigenvalue weighted by Gasteiger charge is -2.14. The predicted octanol–water partition coefficient (Wildman–Crippen LogP) is 1.30. The van der Waals surface area contributed by atoms with Crippen LogP contribution in [0.4, 0.5) is 0 Å². The Morgan fingerprint density at radius 1 is 0.929 bits per heavy atom. The van der Waals surface area contributed by atoms with E-state index < -0.39 is 6.04 Å². The lowest BCUT2D eigenvalue weighted by molar-refractivity contribution is -0.124. The Morgan fingerprint density at radius 3 is 2.07 bits per heavy atom. The highest BCUT2D eigenvalue weighted by Crippen LogP contribution is 2.08. The quantitative estimate of drug-likeness (QED) is 0.294. The fourth-order valence-electron chi connectivity index (χ4n) is 2.36. The topological polar surface area (TPSA) is 109 Å². The number of hydrogen-bond donors (Lipinski definition) is 2. The summed E-state index contributed by atoms with van der Waals surface area (Å²) in [6.45, 7) is 7.98. The fourth-order valence-corrected chi connectivity index (χ4v) is 2.36. The standard InChI is InChI=1S/C20H40N2O6/c1-4-17(2)20(24)18(21)7-5-6-9-22-19(23)8-10-26-13-14-28-16-15-27-12-11-25-3/h17-18H,4-16,21H2,1-3H3,(H,22,23). The van der Waals surface area contributed by atoms with Crippen molar-refractivity contribution < 1.29 is 28.5 Å². The molecule has 0 bridgehead atoms. The van der Waals surface area contributed by atoms with Crippen molar-refractivity contribution in [2.24, 2.45) is 11.7 Å². The summed E-state index contributed by atoms with van der Waals surface area (Å²) in [4.78, 5) is 23.6. The van der Waals surface area contributed by atoms with Crippen molar-refractivity contribution in [1.29, 1.82) is 0 Å². The molecule has 0 aliphatic heterocycles. The average molecular weight is 405 g/mol. The molecule has 0 rings (SSSR count). The highest BCUT2D eigenvalue weighted by Gasteiger charge is 2.18. The summed E-state index contributed by atoms with van der Waals surface area (Å²) in [5, 5.41) is 2.85. The monoisotopic (exact) mass is 404 g/mol. The molecule has 2 atom stereocenters. The predicted molar refractivity (Wildman–Crippen MR) is 108 cm³/mol. The number of nitrogens with two attached hydrogens (primary N) is 1. The lowest BCUT2D eigenvalue weighted by Crippen LogP contribution is -2.34. The molecule has 3 N–H and O–H groups in total. The Bertz CT molecular complexity index is 395. The van der Waals surface area contributed by atoms with Crippen LogP contribution in [0.25, 0.3) is 0 Å². The summed E-state index contributed by atoms with van der Waals surface area (Å²) in [6.07, 6.45) is 3.45. The zero-order valence-corrected chi connectivity index (χ0v) is 17.9. The summed E-state index contributed by atoms with van der Waals surface area (Å²) < 4.78 is 20.8. The van der Waals surface area contributed by atoms with Gasteiger partial charge < -0.3 is 30.0 Å². The molecule has 0 saturated carbocycles. The number of hydrogen-bond acceptors (Lipinski definition) is 7. The van der Waals surface area contributed by atoms with Crippen molar-refractivity contribution in [2.45, 2.75) is 52.0 Å². The number of carbonyl (C=O) groups is 2. The number of ether oxygens (including phenoxy) is 4. The number of methoxy groups -OCH3 is 1. The zero-order chi connectivity index (χ0) is 21.0. The van der Waals surface area contributed by atoms with Gasteiger partial charge in [0.25, 0.3) is 0 Å². The molecular formula is C20H40N2O6. The SMILES string of the molecule is CCC(C)C(=O)C(N)CCCCNC(=O)CCOCCOCCOCCOC. The van der Waals surface area contributed by atoms with Crippen LogP contribution in [0.15, 0.2) is 0 Å². The van der Waals surface area contributed by atoms with Crippen LogP contribution in [0.5, 0.6) is 0 Å². The Balaban J connectivity index is 3.39. The summed E-state index contributed by atoms with van der Waals surface area (Å²) in [6, 6.07) is -0.391. The Hall–Kier alpha value is -1.06. The first-order chi connectivity index (χ1) is 13.5. The van der Waals surface area contributed by atoms with E-state index in [9.17, 15) is 9.59 Å². The molecule has 0 fully saturated rings. The van der Waals surface area contributed by atoms with E-state index in [2.05, 4.69) is 5.32 Å². The first kappa shape index (κ1) is 26.9. The van der Waals surface area contributed by atoms with Crippen LogP contribution < -0.4 is 11.1 Å². The first-order valence-electron chi connectivity index (χ1n) is 10.3. The van der Waals surface area contributed by atoms with E-state index in [1.54, 1.807) is 7.11 Å². The molecule has 0 aromatic heterocycles. The third kappa shape index (κ3) is 15.9. The van der Waals surface area contributed by atoms with Crippen molar-refractivity contribution in [3.05, 3.63) is 0 Å². The highest BCUT2D eigenvalue weighted by molar-refractivity contribution is 5.85. The smallest absolute Gasteiger partial charge is 0.222 e. The number of nitrogens with one attached hydrogen (secondary N) is 1. The van der Waals surface area contributed by atoms with Gasteiger partial charge in [0, 0.05) is 26.0 Å². The van der Waals surface area contributed by atoms with Gasteiger partial charge in [0.05, 0.1) is 52.3 Å². The molecule has 0 heterocycles. The minimum atomic E-state index is -0.391. The highest BCUT2D eigenvalue weighted by atomic mass is 16.6. The van der Waals surface area contributed by atoms with Gasteiger partial charge in [-0.2, -0.15) is 0 Å². The van der Waals surface area contributed by atoms with Gasteiger partial charge in [-0.3, -0.25) is 9.59 Å². The number of Topliss-reactive ketones (excluding diaryl/α,β-unsaturated/α-hetero) is 1. The molecule has 0 saturated heterocycles. The van der Waals surface area contributed by atoms with Crippen LogP contribution in [0, 0.1) is 5.92 Å². The molecular weight excluding hydrogens is 364 g/mol. The molecule has 8 heteroatoms. The van der Waals surface area contributed by atoms with Crippen molar-refractivity contribution in [2.75, 3.05) is 59.9 Å². The number of carbonyl (C=O) groups excluding carboxylic acids is 2. The second kappa shape index (κ2) is 19.3. The van der Waals surface area contributed by atoms with Crippen molar-refractivity contribution >= 4 is 11.7 Å². The third-order valence-corrected chi connectivity index (χ3v) is 4.38. The van der Waals surface area contributed by atoms with Gasteiger partial charge in [-0.05, 0) is 25.7 Å². The van der Waals surface area contributed by atoms with Gasteiger partial charge in [-0.25, -0.2) is 0 Å². The van der Waals surface area contributed by atoms with Crippen molar-refractivity contribution in [1.82, 2.24) is 5.32 Å². The van der Waals surface area contributed by atoms with Gasteiger partial charge in [-0.1, -0.05) is 13.8 Å². The number of unbranched alkanes of at least 4 members (excludes halogenated alkanes) is 1. The number of amides is 1. The van der Waals surface area contributed by atoms with Gasteiger partial charge >= 0.3 is 0 Å². The van der Waals surface area contributed by atoms with Crippen molar-refractivity contribution in [3.63, 3.8) is 0 Å². The van der Waals surface area contributed by atoms with Gasteiger partial charge in [-0.15, -0.1) is 0 Å². The van der Waals surface area contributed by atoms with Gasteiger partial charge in [0.2, 0.25) is 5.91 Å². The molecule has 0 radical (unpaired) electrons. The molecule has 0 aliphatic rings. The summed E-state index contributed by atoms with van der Waals surface area (Å²) >= 11 is 0. The molecule has 166 valence electrons. The Labute approximate surface area is 169 Å². The van der Waals surface area contributed by atoms with E-state index in [0.717, 1.165) is 19.3 Å². The molecule has 28 heavy (non-hydrogen) atoms. The van der Waals surface area contributed by atoms with Crippen LogP contribution in [-0.4, -0.2) is 77.6 Å². The summed E-state index contributed by atoms with van der Waals surface area (Å²) in [5.74, 6) is 0.119. The first-order valence-corrected chi connectivity index (χ1v) is 10.3. The maximum Gasteiger partial charge on any atom is 0.222 e. The second-order valence-electron chi connectivity index (χ2n) is 6.74. The molecule has 2 unspecified atom stereocenters. The minimum Gasteiger partial charge on any atom is -0.382 e. The maximum absolute atomic E-state index is 11.9. The molecule has 0 aliphatic carbocycles. The van der Waals surface area contributed by atoms with E-state index in [1.165, 1.54) is 0 Å². The number of rotatable bonds is 20. The average Bonchev–Trinajstić information content (AvgIpc) is 2.70. The van der Waals surface area contributed by atoms with E-state index in [1.807, 2.05) is 13.8 Å². The third-order valence-electron chi connectivity index (χ3n) is 4.38. The normalized spacial score (nSPS) is 13.3. The van der Waals surface area contributed by atoms with E-state index in [0.29, 0.717) is 65.6 Å². The lowest BCUT2D eigenvalue weighted by atomic mass is 9.95. The molecule has 0 spiro atoms. The van der Waals surface area contributed by atoms with Gasteiger partial charge in [0.1, 0.15) is 0 Å². The Morgan fingerprint density at radius 2 is 1.50 bits per heavy atom. The molecule has 1 amide bonds. The largest absolute Gasteiger partial charge is 0.382 e. The van der Waals surface area contributed by atoms with E-state index in [-0.39, 0.29) is 17.6 Å².